The van der Waals surface area contributed by atoms with Crippen LogP contribution in [-0.2, 0) is 5.88 Å². The molecule has 0 atom stereocenters. The van der Waals surface area contributed by atoms with Crippen LogP contribution in [0, 0.1) is 13.8 Å². The van der Waals surface area contributed by atoms with Crippen LogP contribution in [0.4, 0.5) is 0 Å². The Labute approximate surface area is 143 Å². The Kier molecular flexibility index (Phi) is 3.39. The second-order valence-electron chi connectivity index (χ2n) is 5.83. The number of hydrogen-bond acceptors (Lipinski definition) is 3. The Bertz CT molecular complexity index is 1090. The molecular formula is C18H15ClN4O. The molecule has 0 aromatic carbocycles. The molecule has 5 nitrogen and oxygen atoms in total. The summed E-state index contributed by atoms with van der Waals surface area (Å²) in [5.74, 6) is 0.365. The summed E-state index contributed by atoms with van der Waals surface area (Å²) in [4.78, 5) is 20.2. The Balaban J connectivity index is 2.08. The number of fused-ring (bicyclic) bond motifs is 2. The lowest BCUT2D eigenvalue weighted by Crippen LogP contribution is -1.97. The molecule has 24 heavy (non-hydrogen) atoms. The molecule has 0 bridgehead atoms. The zero-order valence-electron chi connectivity index (χ0n) is 13.3. The highest BCUT2D eigenvalue weighted by atomic mass is 35.5. The van der Waals surface area contributed by atoms with Gasteiger partial charge < -0.3 is 4.40 Å². The van der Waals surface area contributed by atoms with Gasteiger partial charge in [0.15, 0.2) is 6.29 Å². The minimum absolute atomic E-state index is 0.365. The van der Waals surface area contributed by atoms with E-state index < -0.39 is 0 Å². The van der Waals surface area contributed by atoms with Gasteiger partial charge in [-0.2, -0.15) is 0 Å². The van der Waals surface area contributed by atoms with Crippen LogP contribution in [0.1, 0.15) is 27.4 Å². The fourth-order valence-electron chi connectivity index (χ4n) is 3.01. The number of hydrogen-bond donors (Lipinski definition) is 0. The normalized spacial score (nSPS) is 11.5. The summed E-state index contributed by atoms with van der Waals surface area (Å²) < 4.78 is 3.98. The second kappa shape index (κ2) is 5.46. The molecule has 0 saturated carbocycles. The van der Waals surface area contributed by atoms with Gasteiger partial charge in [0.1, 0.15) is 17.0 Å². The number of carbonyl (C=O) groups excluding carboxylic acids is 1. The van der Waals surface area contributed by atoms with Crippen molar-refractivity contribution >= 4 is 29.2 Å². The number of nitrogens with zero attached hydrogens (tertiary/aromatic N) is 4. The summed E-state index contributed by atoms with van der Waals surface area (Å²) in [6, 6.07) is 8.12. The van der Waals surface area contributed by atoms with Crippen LogP contribution in [0.5, 0.6) is 0 Å². The maximum atomic E-state index is 11.1. The van der Waals surface area contributed by atoms with E-state index >= 15 is 0 Å². The first-order valence-electron chi connectivity index (χ1n) is 7.60. The Hall–Kier alpha value is -2.66. The van der Waals surface area contributed by atoms with Crippen LogP contribution < -0.4 is 0 Å². The SMILES string of the molecule is Cc1ccc(-c2ccc(C)n3cc(CCl)nc23)n2cc(C=O)nc12. The Morgan fingerprint density at radius 2 is 1.88 bits per heavy atom. The number of halogens is 1. The van der Waals surface area contributed by atoms with E-state index in [1.807, 2.05) is 53.1 Å². The first-order valence-corrected chi connectivity index (χ1v) is 8.13. The number of carbonyl (C=O) groups is 1. The Morgan fingerprint density at radius 1 is 1.04 bits per heavy atom. The summed E-state index contributed by atoms with van der Waals surface area (Å²) in [6.45, 7) is 4.01. The van der Waals surface area contributed by atoms with E-state index in [1.165, 1.54) is 0 Å². The van der Waals surface area contributed by atoms with Crippen molar-refractivity contribution in [3.63, 3.8) is 0 Å². The number of aryl methyl sites for hydroxylation is 2. The molecular weight excluding hydrogens is 324 g/mol. The maximum Gasteiger partial charge on any atom is 0.170 e. The lowest BCUT2D eigenvalue weighted by atomic mass is 10.1. The van der Waals surface area contributed by atoms with Crippen molar-refractivity contribution in [2.75, 3.05) is 0 Å². The molecule has 0 aliphatic carbocycles. The topological polar surface area (TPSA) is 51.7 Å². The number of alkyl halides is 1. The number of pyridine rings is 2. The van der Waals surface area contributed by atoms with Gasteiger partial charge in [-0.3, -0.25) is 9.20 Å². The number of aldehydes is 1. The summed E-state index contributed by atoms with van der Waals surface area (Å²) >= 11 is 5.96. The third-order valence-electron chi connectivity index (χ3n) is 4.23. The molecule has 4 heterocycles. The molecule has 6 heteroatoms. The van der Waals surface area contributed by atoms with Crippen molar-refractivity contribution in [3.05, 3.63) is 59.3 Å². The van der Waals surface area contributed by atoms with Gasteiger partial charge in [-0.05, 0) is 37.6 Å². The van der Waals surface area contributed by atoms with Gasteiger partial charge in [0, 0.05) is 23.7 Å². The van der Waals surface area contributed by atoms with Crippen molar-refractivity contribution in [3.8, 4) is 11.3 Å². The van der Waals surface area contributed by atoms with E-state index in [9.17, 15) is 4.79 Å². The van der Waals surface area contributed by atoms with Crippen molar-refractivity contribution in [1.29, 1.82) is 0 Å². The van der Waals surface area contributed by atoms with E-state index in [1.54, 1.807) is 6.20 Å². The standard InChI is InChI=1S/C18H15ClN4O/c1-11-3-6-16(23-9-14(10-24)21-17(11)23)15-5-4-12(2)22-8-13(7-19)20-18(15)22/h3-6,8-10H,7H2,1-2H3. The molecule has 4 aromatic rings. The molecule has 0 saturated heterocycles. The zero-order valence-corrected chi connectivity index (χ0v) is 14.1. The maximum absolute atomic E-state index is 11.1. The molecule has 0 radical (unpaired) electrons. The quantitative estimate of drug-likeness (QED) is 0.421. The van der Waals surface area contributed by atoms with Gasteiger partial charge in [0.2, 0.25) is 0 Å². The van der Waals surface area contributed by atoms with Crippen molar-refractivity contribution in [2.45, 2.75) is 19.7 Å². The third-order valence-corrected chi connectivity index (χ3v) is 4.50. The van der Waals surface area contributed by atoms with Crippen LogP contribution in [0.25, 0.3) is 22.6 Å². The molecule has 0 amide bonds. The first kappa shape index (κ1) is 14.9. The van der Waals surface area contributed by atoms with E-state index in [0.29, 0.717) is 11.6 Å². The highest BCUT2D eigenvalue weighted by molar-refractivity contribution is 6.16. The van der Waals surface area contributed by atoms with E-state index in [0.717, 1.165) is 45.8 Å². The van der Waals surface area contributed by atoms with Crippen molar-refractivity contribution < 1.29 is 4.79 Å². The highest BCUT2D eigenvalue weighted by Crippen LogP contribution is 2.28. The van der Waals surface area contributed by atoms with Crippen LogP contribution in [0.2, 0.25) is 0 Å². The first-order chi connectivity index (χ1) is 11.6. The minimum atomic E-state index is 0.365. The van der Waals surface area contributed by atoms with E-state index in [4.69, 9.17) is 11.6 Å². The van der Waals surface area contributed by atoms with Gasteiger partial charge >= 0.3 is 0 Å². The van der Waals surface area contributed by atoms with Crippen LogP contribution >= 0.6 is 11.6 Å². The zero-order chi connectivity index (χ0) is 16.8. The second-order valence-corrected chi connectivity index (χ2v) is 6.09. The van der Waals surface area contributed by atoms with Crippen LogP contribution in [0.15, 0.2) is 36.7 Å². The minimum Gasteiger partial charge on any atom is -0.303 e. The van der Waals surface area contributed by atoms with Crippen molar-refractivity contribution in [2.24, 2.45) is 0 Å². The molecule has 0 fully saturated rings. The molecule has 0 spiro atoms. The largest absolute Gasteiger partial charge is 0.303 e. The van der Waals surface area contributed by atoms with Crippen LogP contribution in [-0.4, -0.2) is 25.1 Å². The summed E-state index contributed by atoms with van der Waals surface area (Å²) in [7, 11) is 0. The lowest BCUT2D eigenvalue weighted by Gasteiger charge is -2.10. The fourth-order valence-corrected chi connectivity index (χ4v) is 3.13. The average molecular weight is 339 g/mol. The van der Waals surface area contributed by atoms with Gasteiger partial charge in [-0.25, -0.2) is 9.97 Å². The molecule has 120 valence electrons. The lowest BCUT2D eigenvalue weighted by molar-refractivity contribution is 0.111. The van der Waals surface area contributed by atoms with Crippen LogP contribution in [0.3, 0.4) is 0 Å². The molecule has 0 aliphatic rings. The summed E-state index contributed by atoms with van der Waals surface area (Å²) in [5.41, 5.74) is 6.87. The predicted octanol–water partition coefficient (Wildman–Crippen LogP) is 3.82. The van der Waals surface area contributed by atoms with Gasteiger partial charge in [0.25, 0.3) is 0 Å². The summed E-state index contributed by atoms with van der Waals surface area (Å²) in [5, 5.41) is 0. The third kappa shape index (κ3) is 2.12. The monoisotopic (exact) mass is 338 g/mol. The number of aromatic nitrogens is 4. The number of imidazole rings is 2. The average Bonchev–Trinajstić information content (AvgIpc) is 3.21. The molecule has 0 N–H and O–H groups in total. The van der Waals surface area contributed by atoms with Crippen molar-refractivity contribution in [1.82, 2.24) is 18.8 Å². The number of rotatable bonds is 3. The smallest absolute Gasteiger partial charge is 0.170 e. The highest BCUT2D eigenvalue weighted by Gasteiger charge is 2.14. The Morgan fingerprint density at radius 3 is 2.62 bits per heavy atom. The predicted molar refractivity (Wildman–Crippen MR) is 93.8 cm³/mol. The molecule has 4 aromatic heterocycles. The molecule has 0 aliphatic heterocycles. The van der Waals surface area contributed by atoms with E-state index in [2.05, 4.69) is 9.97 Å². The fraction of sp³-hybridized carbons (Fsp3) is 0.167. The van der Waals surface area contributed by atoms with Gasteiger partial charge in [-0.15, -0.1) is 11.6 Å². The summed E-state index contributed by atoms with van der Waals surface area (Å²) in [6.07, 6.45) is 4.48. The van der Waals surface area contributed by atoms with Gasteiger partial charge in [0.05, 0.1) is 17.3 Å². The van der Waals surface area contributed by atoms with Gasteiger partial charge in [-0.1, -0.05) is 6.07 Å². The van der Waals surface area contributed by atoms with E-state index in [-0.39, 0.29) is 0 Å². The molecule has 4 rings (SSSR count). The molecule has 0 unspecified atom stereocenters.